The van der Waals surface area contributed by atoms with Gasteiger partial charge in [0, 0.05) is 26.3 Å². The van der Waals surface area contributed by atoms with E-state index in [1.165, 1.54) is 0 Å². The molecule has 344 valence electrons. The maximum absolute atomic E-state index is 11.7. The molecule has 0 radical (unpaired) electrons. The molecule has 2 aromatic carbocycles. The normalized spacial score (nSPS) is 12.5. The van der Waals surface area contributed by atoms with Crippen LogP contribution in [0.1, 0.15) is 65.5 Å². The summed E-state index contributed by atoms with van der Waals surface area (Å²) in [5, 5.41) is 22.8. The van der Waals surface area contributed by atoms with Crippen LogP contribution in [-0.2, 0) is 60.6 Å². The van der Waals surface area contributed by atoms with Crippen molar-refractivity contribution in [2.24, 2.45) is 0 Å². The maximum atomic E-state index is 11.7. The van der Waals surface area contributed by atoms with E-state index >= 15 is 0 Å². The van der Waals surface area contributed by atoms with Crippen LogP contribution in [0.25, 0.3) is 0 Å². The van der Waals surface area contributed by atoms with Crippen molar-refractivity contribution in [2.75, 3.05) is 106 Å². The van der Waals surface area contributed by atoms with Gasteiger partial charge in [0.25, 0.3) is 0 Å². The molecule has 60 heavy (non-hydrogen) atoms. The Morgan fingerprint density at radius 3 is 1.28 bits per heavy atom. The Hall–Kier alpha value is -3.42. The van der Waals surface area contributed by atoms with E-state index in [1.54, 1.807) is 20.8 Å². The van der Waals surface area contributed by atoms with Gasteiger partial charge in [-0.05, 0) is 65.5 Å². The molecule has 0 fully saturated rings. The van der Waals surface area contributed by atoms with Crippen molar-refractivity contribution in [1.29, 1.82) is 0 Å². The van der Waals surface area contributed by atoms with Gasteiger partial charge in [-0.3, -0.25) is 0 Å². The van der Waals surface area contributed by atoms with Crippen LogP contribution in [-0.4, -0.2) is 151 Å². The second-order valence-corrected chi connectivity index (χ2v) is 15.4. The van der Waals surface area contributed by atoms with Crippen LogP contribution in [0.2, 0.25) is 0 Å². The molecule has 0 heterocycles. The van der Waals surface area contributed by atoms with Crippen LogP contribution in [0, 0.1) is 0 Å². The summed E-state index contributed by atoms with van der Waals surface area (Å²) in [6.45, 7) is 17.5. The van der Waals surface area contributed by atoms with Gasteiger partial charge in [-0.2, -0.15) is 0 Å². The standard InChI is InChI=1S/C29H43NO7.C15H31NO7/c1-29(2,3)37-28(31)30-15-10-16-32-23-27(36-20-19-34-22-26-13-8-5-9-14-26)24-35-18-17-33-21-25-11-6-4-7-12-25;1-15(2,3)23-14(19)16-5-4-8-20-11-13(22-10-7-18)12-21-9-6-17/h4-9,11-14,27H,10,15-24H2,1-3H3,(H,30,31);13,17-18H,4-12H2,1-3H3,(H,16,19). The van der Waals surface area contributed by atoms with Crippen LogP contribution in [0.4, 0.5) is 9.59 Å². The Morgan fingerprint density at radius 2 is 0.867 bits per heavy atom. The first kappa shape index (κ1) is 54.6. The van der Waals surface area contributed by atoms with Crippen LogP contribution in [0.5, 0.6) is 0 Å². The molecule has 0 aliphatic heterocycles. The van der Waals surface area contributed by atoms with Gasteiger partial charge in [-0.15, -0.1) is 0 Å². The highest BCUT2D eigenvalue weighted by molar-refractivity contribution is 5.67. The van der Waals surface area contributed by atoms with Crippen molar-refractivity contribution in [3.8, 4) is 0 Å². The zero-order chi connectivity index (χ0) is 44.2. The van der Waals surface area contributed by atoms with Gasteiger partial charge < -0.3 is 68.2 Å². The number of aliphatic hydroxyl groups excluding tert-OH is 2. The Labute approximate surface area is 357 Å². The van der Waals surface area contributed by atoms with Gasteiger partial charge in [-0.1, -0.05) is 60.7 Å². The number of carbonyl (C=O) groups is 2. The predicted molar refractivity (Wildman–Crippen MR) is 227 cm³/mol. The summed E-state index contributed by atoms with van der Waals surface area (Å²) >= 11 is 0. The fourth-order valence-electron chi connectivity index (χ4n) is 4.71. The van der Waals surface area contributed by atoms with Gasteiger partial charge in [-0.25, -0.2) is 9.59 Å². The molecule has 2 amide bonds. The number of rotatable bonds is 32. The number of amides is 2. The van der Waals surface area contributed by atoms with Crippen molar-refractivity contribution >= 4 is 12.2 Å². The number of hydrogen-bond acceptors (Lipinski definition) is 14. The summed E-state index contributed by atoms with van der Waals surface area (Å²) in [5.74, 6) is 0. The van der Waals surface area contributed by atoms with E-state index in [2.05, 4.69) is 10.6 Å². The molecule has 2 unspecified atom stereocenters. The highest BCUT2D eigenvalue weighted by Gasteiger charge is 2.17. The van der Waals surface area contributed by atoms with Crippen LogP contribution >= 0.6 is 0 Å². The summed E-state index contributed by atoms with van der Waals surface area (Å²) in [6, 6.07) is 20.1. The Morgan fingerprint density at radius 1 is 0.500 bits per heavy atom. The fourth-order valence-corrected chi connectivity index (χ4v) is 4.71. The Bertz CT molecular complexity index is 1300. The summed E-state index contributed by atoms with van der Waals surface area (Å²) in [4.78, 5) is 23.1. The van der Waals surface area contributed by atoms with Gasteiger partial charge >= 0.3 is 12.2 Å². The number of alkyl carbamates (subject to hydrolysis) is 2. The second-order valence-electron chi connectivity index (χ2n) is 15.4. The zero-order valence-corrected chi connectivity index (χ0v) is 36.9. The van der Waals surface area contributed by atoms with Gasteiger partial charge in [0.1, 0.15) is 23.4 Å². The molecule has 0 aliphatic carbocycles. The number of benzene rings is 2. The lowest BCUT2D eigenvalue weighted by Gasteiger charge is -2.20. The molecule has 2 atom stereocenters. The van der Waals surface area contributed by atoms with E-state index in [1.807, 2.05) is 81.4 Å². The van der Waals surface area contributed by atoms with Crippen molar-refractivity contribution in [3.63, 3.8) is 0 Å². The largest absolute Gasteiger partial charge is 0.444 e. The highest BCUT2D eigenvalue weighted by Crippen LogP contribution is 2.08. The van der Waals surface area contributed by atoms with Crippen molar-refractivity contribution in [3.05, 3.63) is 71.8 Å². The average molecular weight is 855 g/mol. The molecule has 16 nitrogen and oxygen atoms in total. The molecule has 16 heteroatoms. The molecule has 0 saturated carbocycles. The monoisotopic (exact) mass is 855 g/mol. The van der Waals surface area contributed by atoms with Gasteiger partial charge in [0.05, 0.1) is 92.5 Å². The summed E-state index contributed by atoms with van der Waals surface area (Å²) in [5.41, 5.74) is 1.24. The van der Waals surface area contributed by atoms with E-state index in [9.17, 15) is 9.59 Å². The third kappa shape index (κ3) is 35.3. The minimum atomic E-state index is -0.511. The lowest BCUT2D eigenvalue weighted by molar-refractivity contribution is -0.0802. The van der Waals surface area contributed by atoms with Crippen molar-refractivity contribution < 1.29 is 67.2 Å². The summed E-state index contributed by atoms with van der Waals surface area (Å²) in [6.07, 6.45) is -0.0870. The lowest BCUT2D eigenvalue weighted by Crippen LogP contribution is -2.33. The van der Waals surface area contributed by atoms with Crippen molar-refractivity contribution in [2.45, 2.75) is 91.0 Å². The number of hydrogen-bond donors (Lipinski definition) is 4. The molecule has 0 aromatic heterocycles. The molecule has 4 N–H and O–H groups in total. The van der Waals surface area contributed by atoms with Gasteiger partial charge in [0.15, 0.2) is 0 Å². The van der Waals surface area contributed by atoms with Crippen LogP contribution in [0.15, 0.2) is 60.7 Å². The molecule has 0 saturated heterocycles. The predicted octanol–water partition coefficient (Wildman–Crippen LogP) is 5.06. The molecule has 0 spiro atoms. The van der Waals surface area contributed by atoms with E-state index < -0.39 is 23.4 Å². The third-order valence-corrected chi connectivity index (χ3v) is 7.34. The second kappa shape index (κ2) is 35.2. The van der Waals surface area contributed by atoms with Crippen LogP contribution in [0.3, 0.4) is 0 Å². The van der Waals surface area contributed by atoms with E-state index in [4.69, 9.17) is 57.6 Å². The molecular weight excluding hydrogens is 780 g/mol. The maximum Gasteiger partial charge on any atom is 0.407 e. The first-order chi connectivity index (χ1) is 28.8. The lowest BCUT2D eigenvalue weighted by atomic mass is 10.2. The molecule has 2 rings (SSSR count). The smallest absolute Gasteiger partial charge is 0.407 e. The fraction of sp³-hybridized carbons (Fsp3) is 0.682. The first-order valence-corrected chi connectivity index (χ1v) is 20.7. The van der Waals surface area contributed by atoms with Crippen LogP contribution < -0.4 is 10.6 Å². The molecule has 2 aromatic rings. The number of ether oxygens (including phenoxy) is 10. The minimum absolute atomic E-state index is 0.0517. The number of nitrogens with one attached hydrogen (secondary N) is 2. The first-order valence-electron chi connectivity index (χ1n) is 20.7. The van der Waals surface area contributed by atoms with E-state index in [0.717, 1.165) is 11.1 Å². The summed E-state index contributed by atoms with van der Waals surface area (Å²) in [7, 11) is 0. The molecule has 0 bridgehead atoms. The Kier molecular flexibility index (Phi) is 32.0. The SMILES string of the molecule is CC(C)(C)OC(=O)NCCCOCC(COCCO)OCCO.CC(C)(C)OC(=O)NCCCOCC(COCCOCc1ccccc1)OCCOCc1ccccc1. The Balaban J connectivity index is 0.000000674. The quantitative estimate of drug-likeness (QED) is 0.0715. The van der Waals surface area contributed by atoms with E-state index in [-0.39, 0.29) is 45.2 Å². The molecular formula is C44H74N2O14. The topological polar surface area (TPSA) is 191 Å². The van der Waals surface area contributed by atoms with Crippen molar-refractivity contribution in [1.82, 2.24) is 10.6 Å². The summed E-state index contributed by atoms with van der Waals surface area (Å²) < 4.78 is 55.2. The number of carbonyl (C=O) groups excluding carboxylic acids is 2. The third-order valence-electron chi connectivity index (χ3n) is 7.34. The molecule has 0 aliphatic rings. The van der Waals surface area contributed by atoms with Gasteiger partial charge in [0.2, 0.25) is 0 Å². The average Bonchev–Trinajstić information content (AvgIpc) is 3.19. The zero-order valence-electron chi connectivity index (χ0n) is 36.9. The minimum Gasteiger partial charge on any atom is -0.444 e. The van der Waals surface area contributed by atoms with E-state index in [0.29, 0.717) is 98.6 Å². The number of aliphatic hydroxyl groups is 2. The highest BCUT2D eigenvalue weighted by atomic mass is 16.6.